The molecule has 0 amide bonds. The van der Waals surface area contributed by atoms with Gasteiger partial charge in [-0.3, -0.25) is 9.11 Å². The molecule has 1 aliphatic rings. The van der Waals surface area contributed by atoms with Crippen molar-refractivity contribution in [3.05, 3.63) is 35.9 Å². The van der Waals surface area contributed by atoms with Crippen molar-refractivity contribution in [2.45, 2.75) is 31.8 Å². The largest absolute Gasteiger partial charge is 0.311 e. The summed E-state index contributed by atoms with van der Waals surface area (Å²) >= 11 is 0. The van der Waals surface area contributed by atoms with Crippen molar-refractivity contribution >= 4 is 10.8 Å². The van der Waals surface area contributed by atoms with E-state index in [0.29, 0.717) is 12.1 Å². The Kier molecular flexibility index (Phi) is 6.20. The minimum atomic E-state index is -0.673. The molecule has 0 spiro atoms. The van der Waals surface area contributed by atoms with Crippen LogP contribution >= 0.6 is 0 Å². The first-order valence-corrected chi connectivity index (χ1v) is 9.19. The number of piperazine rings is 1. The third-order valence-electron chi connectivity index (χ3n) is 4.06. The fourth-order valence-electron chi connectivity index (χ4n) is 2.81. The summed E-state index contributed by atoms with van der Waals surface area (Å²) in [5.41, 5.74) is 1.40. The quantitative estimate of drug-likeness (QED) is 0.866. The van der Waals surface area contributed by atoms with Gasteiger partial charge in [0.2, 0.25) is 0 Å². The van der Waals surface area contributed by atoms with E-state index in [9.17, 15) is 4.21 Å². The van der Waals surface area contributed by atoms with Crippen LogP contribution in [0.1, 0.15) is 18.9 Å². The number of hydrogen-bond donors (Lipinski definition) is 1. The number of hydrogen-bond acceptors (Lipinski definition) is 3. The Morgan fingerprint density at radius 2 is 2.15 bits per heavy atom. The molecule has 2 rings (SSSR count). The number of nitrogens with zero attached hydrogens (tertiary/aromatic N) is 1. The van der Waals surface area contributed by atoms with Crippen LogP contribution in [0.4, 0.5) is 0 Å². The maximum Gasteiger partial charge on any atom is 0.0246 e. The monoisotopic (exact) mass is 294 g/mol. The molecule has 3 nitrogen and oxygen atoms in total. The lowest BCUT2D eigenvalue weighted by atomic mass is 10.0. The number of rotatable bonds is 6. The van der Waals surface area contributed by atoms with Crippen molar-refractivity contribution in [2.75, 3.05) is 31.6 Å². The van der Waals surface area contributed by atoms with Gasteiger partial charge in [0.15, 0.2) is 0 Å². The normalized spacial score (nSPS) is 23.4. The molecule has 1 fully saturated rings. The smallest absolute Gasteiger partial charge is 0.0246 e. The fourth-order valence-corrected chi connectivity index (χ4v) is 3.48. The summed E-state index contributed by atoms with van der Waals surface area (Å²) in [4.78, 5) is 2.54. The van der Waals surface area contributed by atoms with E-state index >= 15 is 0 Å². The number of nitrogens with one attached hydrogen (secondary N) is 1. The fraction of sp³-hybridized carbons (Fsp3) is 0.625. The third-order valence-corrected chi connectivity index (χ3v) is 4.87. The first-order chi connectivity index (χ1) is 9.65. The van der Waals surface area contributed by atoms with Crippen LogP contribution in [0.5, 0.6) is 0 Å². The van der Waals surface area contributed by atoms with Gasteiger partial charge in [0, 0.05) is 54.5 Å². The van der Waals surface area contributed by atoms with Crippen molar-refractivity contribution in [3.8, 4) is 0 Å². The van der Waals surface area contributed by atoms with Crippen molar-refractivity contribution in [2.24, 2.45) is 0 Å². The molecule has 1 saturated heterocycles. The molecular formula is C16H26N2OS. The van der Waals surface area contributed by atoms with E-state index in [-0.39, 0.29) is 0 Å². The lowest BCUT2D eigenvalue weighted by Crippen LogP contribution is -2.54. The van der Waals surface area contributed by atoms with Crippen LogP contribution in [0.2, 0.25) is 0 Å². The molecule has 3 unspecified atom stereocenters. The Hall–Kier alpha value is -0.710. The molecule has 4 heteroatoms. The lowest BCUT2D eigenvalue weighted by Gasteiger charge is -2.37. The summed E-state index contributed by atoms with van der Waals surface area (Å²) in [6, 6.07) is 11.7. The Morgan fingerprint density at radius 3 is 2.85 bits per heavy atom. The number of benzene rings is 1. The first-order valence-electron chi connectivity index (χ1n) is 7.46. The molecule has 3 atom stereocenters. The van der Waals surface area contributed by atoms with Crippen LogP contribution in [0.3, 0.4) is 0 Å². The van der Waals surface area contributed by atoms with Crippen LogP contribution < -0.4 is 5.32 Å². The second-order valence-corrected chi connectivity index (χ2v) is 7.31. The maximum absolute atomic E-state index is 11.2. The zero-order chi connectivity index (χ0) is 14.4. The van der Waals surface area contributed by atoms with E-state index in [1.807, 2.05) is 0 Å². The molecule has 0 radical (unpaired) electrons. The van der Waals surface area contributed by atoms with E-state index in [4.69, 9.17) is 0 Å². The molecule has 1 heterocycles. The second kappa shape index (κ2) is 7.91. The zero-order valence-corrected chi connectivity index (χ0v) is 13.4. The highest BCUT2D eigenvalue weighted by atomic mass is 32.2. The van der Waals surface area contributed by atoms with Gasteiger partial charge in [-0.15, -0.1) is 0 Å². The lowest BCUT2D eigenvalue weighted by molar-refractivity contribution is 0.149. The summed E-state index contributed by atoms with van der Waals surface area (Å²) in [5.74, 6) is 0.814. The van der Waals surface area contributed by atoms with Gasteiger partial charge in [0.05, 0.1) is 0 Å². The van der Waals surface area contributed by atoms with E-state index in [0.717, 1.165) is 38.2 Å². The van der Waals surface area contributed by atoms with E-state index in [2.05, 4.69) is 47.5 Å². The topological polar surface area (TPSA) is 32.3 Å². The van der Waals surface area contributed by atoms with Gasteiger partial charge in [-0.25, -0.2) is 0 Å². The van der Waals surface area contributed by atoms with Gasteiger partial charge in [0.1, 0.15) is 0 Å². The highest BCUT2D eigenvalue weighted by Crippen LogP contribution is 2.12. The molecule has 0 bridgehead atoms. The third kappa shape index (κ3) is 5.00. The SMILES string of the molecule is CC(CCS(C)=O)N1CCNC(Cc2ccccc2)C1. The molecule has 1 N–H and O–H groups in total. The summed E-state index contributed by atoms with van der Waals surface area (Å²) in [5, 5.41) is 3.62. The van der Waals surface area contributed by atoms with Crippen molar-refractivity contribution < 1.29 is 4.21 Å². The van der Waals surface area contributed by atoms with Gasteiger partial charge >= 0.3 is 0 Å². The molecule has 20 heavy (non-hydrogen) atoms. The van der Waals surface area contributed by atoms with E-state index in [1.54, 1.807) is 6.26 Å². The Balaban J connectivity index is 1.83. The zero-order valence-electron chi connectivity index (χ0n) is 12.5. The summed E-state index contributed by atoms with van der Waals surface area (Å²) in [6.45, 7) is 5.50. The van der Waals surface area contributed by atoms with Crippen LogP contribution in [0.25, 0.3) is 0 Å². The maximum atomic E-state index is 11.2. The highest BCUT2D eigenvalue weighted by Gasteiger charge is 2.23. The Labute approximate surface area is 125 Å². The molecule has 1 aromatic carbocycles. The average Bonchev–Trinajstić information content (AvgIpc) is 2.46. The van der Waals surface area contributed by atoms with Gasteiger partial charge < -0.3 is 5.32 Å². The standard InChI is InChI=1S/C16H26N2OS/c1-14(8-11-20(2)19)18-10-9-17-16(13-18)12-15-6-4-3-5-7-15/h3-7,14,16-17H,8-13H2,1-2H3. The summed E-state index contributed by atoms with van der Waals surface area (Å²) in [7, 11) is -0.673. The minimum Gasteiger partial charge on any atom is -0.311 e. The summed E-state index contributed by atoms with van der Waals surface area (Å²) in [6.07, 6.45) is 3.91. The van der Waals surface area contributed by atoms with Gasteiger partial charge in [0.25, 0.3) is 0 Å². The summed E-state index contributed by atoms with van der Waals surface area (Å²) < 4.78 is 11.2. The molecule has 1 aliphatic heterocycles. The van der Waals surface area contributed by atoms with Crippen molar-refractivity contribution in [1.29, 1.82) is 0 Å². The van der Waals surface area contributed by atoms with Crippen LogP contribution in [0.15, 0.2) is 30.3 Å². The average molecular weight is 294 g/mol. The second-order valence-electron chi connectivity index (χ2n) is 5.75. The molecule has 1 aromatic rings. The van der Waals surface area contributed by atoms with Crippen LogP contribution in [-0.2, 0) is 17.2 Å². The van der Waals surface area contributed by atoms with E-state index < -0.39 is 10.8 Å². The van der Waals surface area contributed by atoms with Gasteiger partial charge in [-0.05, 0) is 25.3 Å². The first kappa shape index (κ1) is 15.7. The predicted octanol–water partition coefficient (Wildman–Crippen LogP) is 1.66. The molecular weight excluding hydrogens is 268 g/mol. The molecule has 0 saturated carbocycles. The van der Waals surface area contributed by atoms with E-state index in [1.165, 1.54) is 5.56 Å². The Morgan fingerprint density at radius 1 is 1.40 bits per heavy atom. The van der Waals surface area contributed by atoms with Gasteiger partial charge in [-0.1, -0.05) is 30.3 Å². The minimum absolute atomic E-state index is 0.527. The molecule has 0 aromatic heterocycles. The van der Waals surface area contributed by atoms with Crippen molar-refractivity contribution in [1.82, 2.24) is 10.2 Å². The van der Waals surface area contributed by atoms with Crippen LogP contribution in [-0.4, -0.2) is 52.8 Å². The van der Waals surface area contributed by atoms with Crippen LogP contribution in [0, 0.1) is 0 Å². The van der Waals surface area contributed by atoms with Crippen molar-refractivity contribution in [3.63, 3.8) is 0 Å². The highest BCUT2D eigenvalue weighted by molar-refractivity contribution is 7.84. The van der Waals surface area contributed by atoms with Gasteiger partial charge in [-0.2, -0.15) is 0 Å². The molecule has 112 valence electrons. The Bertz CT molecular complexity index is 424. The molecule has 0 aliphatic carbocycles. The predicted molar refractivity (Wildman–Crippen MR) is 86.5 cm³/mol.